The summed E-state index contributed by atoms with van der Waals surface area (Å²) in [5, 5.41) is 9.61. The lowest BCUT2D eigenvalue weighted by Gasteiger charge is -2.24. The summed E-state index contributed by atoms with van der Waals surface area (Å²) in [5.74, 6) is -0.717. The average molecular weight is 331 g/mol. The number of aliphatic hydroxyl groups excluding tert-OH is 1. The molecular formula is C15H17N5O4. The van der Waals surface area contributed by atoms with Crippen LogP contribution >= 0.6 is 0 Å². The standard InChI is InChI=1S/C15H17N5O4/c1-15(2)23-10-8(5-21)22-14(11(10)24-15)20-7-17-9-12-16-3-4-19(12)6-18-13(9)20/h3-4,6-8,10-11,14,21H,5H2,1-2H3/t8-,10?,11?,14-/m1/s1. The van der Waals surface area contributed by atoms with Gasteiger partial charge in [-0.25, -0.2) is 15.0 Å². The Balaban J connectivity index is 1.62. The number of fused-ring (bicyclic) bond motifs is 4. The molecule has 0 spiro atoms. The van der Waals surface area contributed by atoms with Gasteiger partial charge >= 0.3 is 0 Å². The molecular weight excluding hydrogens is 314 g/mol. The lowest BCUT2D eigenvalue weighted by Crippen LogP contribution is -2.31. The highest BCUT2D eigenvalue weighted by molar-refractivity contribution is 5.85. The molecule has 2 saturated heterocycles. The number of aromatic nitrogens is 5. The van der Waals surface area contributed by atoms with Crippen LogP contribution in [0.1, 0.15) is 20.1 Å². The van der Waals surface area contributed by atoms with Crippen molar-refractivity contribution in [2.24, 2.45) is 0 Å². The van der Waals surface area contributed by atoms with E-state index in [-0.39, 0.29) is 18.8 Å². The summed E-state index contributed by atoms with van der Waals surface area (Å²) in [7, 11) is 0. The van der Waals surface area contributed by atoms with Crippen molar-refractivity contribution >= 4 is 16.8 Å². The normalized spacial score (nSPS) is 32.0. The number of imidazole rings is 2. The van der Waals surface area contributed by atoms with Crippen molar-refractivity contribution in [3.63, 3.8) is 0 Å². The van der Waals surface area contributed by atoms with Gasteiger partial charge in [0, 0.05) is 12.4 Å². The van der Waals surface area contributed by atoms with Crippen molar-refractivity contribution in [1.29, 1.82) is 0 Å². The summed E-state index contributed by atoms with van der Waals surface area (Å²) in [5.41, 5.74) is 2.08. The van der Waals surface area contributed by atoms with E-state index in [2.05, 4.69) is 15.0 Å². The van der Waals surface area contributed by atoms with Gasteiger partial charge in [0.15, 0.2) is 28.8 Å². The molecule has 1 N–H and O–H groups in total. The Hall–Kier alpha value is -2.07. The molecule has 3 aromatic rings. The van der Waals surface area contributed by atoms with E-state index in [1.165, 1.54) is 0 Å². The molecule has 9 nitrogen and oxygen atoms in total. The Morgan fingerprint density at radius 3 is 2.79 bits per heavy atom. The SMILES string of the molecule is CC1(C)OC2C(O1)[C@@H](CO)O[C@H]2n1cnc2c1ncn1ccnc21. The first-order valence-electron chi connectivity index (χ1n) is 7.83. The number of ether oxygens (including phenoxy) is 3. The van der Waals surface area contributed by atoms with Gasteiger partial charge in [0.25, 0.3) is 0 Å². The first-order chi connectivity index (χ1) is 11.6. The van der Waals surface area contributed by atoms with Crippen molar-refractivity contribution in [2.75, 3.05) is 6.61 Å². The summed E-state index contributed by atoms with van der Waals surface area (Å²) >= 11 is 0. The van der Waals surface area contributed by atoms with Crippen LogP contribution in [-0.4, -0.2) is 59.7 Å². The van der Waals surface area contributed by atoms with Crippen LogP contribution in [0.25, 0.3) is 16.8 Å². The molecule has 9 heteroatoms. The topological polar surface area (TPSA) is 95.9 Å². The highest BCUT2D eigenvalue weighted by atomic mass is 16.8. The Bertz CT molecular complexity index is 919. The third-order valence-corrected chi connectivity index (χ3v) is 4.53. The summed E-state index contributed by atoms with van der Waals surface area (Å²) < 4.78 is 21.5. The van der Waals surface area contributed by atoms with Gasteiger partial charge in [0.2, 0.25) is 0 Å². The molecule has 24 heavy (non-hydrogen) atoms. The zero-order chi connectivity index (χ0) is 16.5. The predicted molar refractivity (Wildman–Crippen MR) is 81.1 cm³/mol. The molecule has 0 radical (unpaired) electrons. The fourth-order valence-electron chi connectivity index (χ4n) is 3.56. The molecule has 0 saturated carbocycles. The fraction of sp³-hybridized carbons (Fsp3) is 0.533. The monoisotopic (exact) mass is 331 g/mol. The highest BCUT2D eigenvalue weighted by Crippen LogP contribution is 2.43. The summed E-state index contributed by atoms with van der Waals surface area (Å²) in [6.45, 7) is 3.58. The molecule has 2 unspecified atom stereocenters. The molecule has 5 rings (SSSR count). The maximum atomic E-state index is 9.61. The van der Waals surface area contributed by atoms with E-state index in [9.17, 15) is 5.11 Å². The summed E-state index contributed by atoms with van der Waals surface area (Å²) in [6, 6.07) is 0. The molecule has 0 aromatic carbocycles. The highest BCUT2D eigenvalue weighted by Gasteiger charge is 2.55. The van der Waals surface area contributed by atoms with Crippen molar-refractivity contribution in [2.45, 2.75) is 44.2 Å². The number of hydrogen-bond donors (Lipinski definition) is 1. The minimum Gasteiger partial charge on any atom is -0.394 e. The molecule has 126 valence electrons. The predicted octanol–water partition coefficient (Wildman–Crippen LogP) is 0.489. The van der Waals surface area contributed by atoms with E-state index in [0.717, 1.165) is 5.65 Å². The van der Waals surface area contributed by atoms with Crippen molar-refractivity contribution in [3.05, 3.63) is 25.0 Å². The smallest absolute Gasteiger partial charge is 0.167 e. The minimum atomic E-state index is -0.717. The summed E-state index contributed by atoms with van der Waals surface area (Å²) in [4.78, 5) is 13.2. The van der Waals surface area contributed by atoms with Crippen LogP contribution in [-0.2, 0) is 14.2 Å². The Labute approximate surface area is 136 Å². The van der Waals surface area contributed by atoms with E-state index in [1.54, 1.807) is 18.9 Å². The van der Waals surface area contributed by atoms with E-state index < -0.39 is 18.1 Å². The van der Waals surface area contributed by atoms with E-state index in [4.69, 9.17) is 14.2 Å². The van der Waals surface area contributed by atoms with Gasteiger partial charge in [0.1, 0.15) is 24.6 Å². The Kier molecular flexibility index (Phi) is 2.82. The molecule has 5 heterocycles. The molecule has 0 bridgehead atoms. The fourth-order valence-corrected chi connectivity index (χ4v) is 3.56. The summed E-state index contributed by atoms with van der Waals surface area (Å²) in [6.07, 6.45) is 5.29. The minimum absolute atomic E-state index is 0.137. The second kappa shape index (κ2) is 4.73. The first-order valence-corrected chi connectivity index (χ1v) is 7.83. The molecule has 2 aliphatic heterocycles. The van der Waals surface area contributed by atoms with Gasteiger partial charge in [-0.2, -0.15) is 0 Å². The number of aliphatic hydroxyl groups is 1. The molecule has 2 aliphatic rings. The van der Waals surface area contributed by atoms with Gasteiger partial charge in [-0.1, -0.05) is 0 Å². The van der Waals surface area contributed by atoms with Gasteiger partial charge in [-0.3, -0.25) is 8.97 Å². The van der Waals surface area contributed by atoms with Crippen LogP contribution in [0.15, 0.2) is 25.0 Å². The molecule has 3 aromatic heterocycles. The Morgan fingerprint density at radius 1 is 1.12 bits per heavy atom. The van der Waals surface area contributed by atoms with Crippen molar-refractivity contribution in [1.82, 2.24) is 23.9 Å². The van der Waals surface area contributed by atoms with Gasteiger partial charge in [-0.05, 0) is 13.8 Å². The van der Waals surface area contributed by atoms with Gasteiger partial charge < -0.3 is 19.3 Å². The zero-order valence-corrected chi connectivity index (χ0v) is 13.2. The van der Waals surface area contributed by atoms with E-state index in [1.807, 2.05) is 29.0 Å². The second-order valence-corrected chi connectivity index (χ2v) is 6.54. The quantitative estimate of drug-likeness (QED) is 0.730. The third kappa shape index (κ3) is 1.86. The van der Waals surface area contributed by atoms with Gasteiger partial charge in [-0.15, -0.1) is 0 Å². The first kappa shape index (κ1) is 14.3. The van der Waals surface area contributed by atoms with E-state index >= 15 is 0 Å². The van der Waals surface area contributed by atoms with Crippen LogP contribution < -0.4 is 0 Å². The number of rotatable bonds is 2. The van der Waals surface area contributed by atoms with Crippen LogP contribution in [0.3, 0.4) is 0 Å². The molecule has 0 aliphatic carbocycles. The zero-order valence-electron chi connectivity index (χ0n) is 13.2. The van der Waals surface area contributed by atoms with Crippen LogP contribution in [0, 0.1) is 0 Å². The second-order valence-electron chi connectivity index (χ2n) is 6.54. The van der Waals surface area contributed by atoms with Crippen molar-refractivity contribution in [3.8, 4) is 0 Å². The lowest BCUT2D eigenvalue weighted by molar-refractivity contribution is -0.199. The maximum absolute atomic E-state index is 9.61. The number of hydrogen-bond acceptors (Lipinski definition) is 7. The van der Waals surface area contributed by atoms with Crippen LogP contribution in [0.2, 0.25) is 0 Å². The van der Waals surface area contributed by atoms with Crippen molar-refractivity contribution < 1.29 is 19.3 Å². The lowest BCUT2D eigenvalue weighted by atomic mass is 10.1. The molecule has 0 amide bonds. The Morgan fingerprint density at radius 2 is 1.96 bits per heavy atom. The molecule has 4 atom stereocenters. The largest absolute Gasteiger partial charge is 0.394 e. The van der Waals surface area contributed by atoms with Gasteiger partial charge in [0.05, 0.1) is 12.9 Å². The van der Waals surface area contributed by atoms with Crippen LogP contribution in [0.5, 0.6) is 0 Å². The van der Waals surface area contributed by atoms with Crippen LogP contribution in [0.4, 0.5) is 0 Å². The number of nitrogens with zero attached hydrogens (tertiary/aromatic N) is 5. The maximum Gasteiger partial charge on any atom is 0.167 e. The van der Waals surface area contributed by atoms with E-state index in [0.29, 0.717) is 11.2 Å². The molecule has 2 fully saturated rings. The third-order valence-electron chi connectivity index (χ3n) is 4.53. The average Bonchev–Trinajstić information content (AvgIpc) is 3.26.